The highest BCUT2D eigenvalue weighted by atomic mass is 16.5. The molecular weight excluding hydrogens is 641 g/mol. The first-order valence-electron chi connectivity index (χ1n) is 21.1. The highest BCUT2D eigenvalue weighted by Gasteiger charge is 2.42. The van der Waals surface area contributed by atoms with E-state index in [1.54, 1.807) is 0 Å². The normalized spacial score (nSPS) is 12.4. The molecule has 0 aliphatic carbocycles. The van der Waals surface area contributed by atoms with Crippen LogP contribution in [0.3, 0.4) is 0 Å². The number of unbranched alkanes of at least 4 members (excludes halogenated alkanes) is 15. The zero-order chi connectivity index (χ0) is 36.0. The molecule has 280 valence electrons. The topological polar surface area (TPSA) is 36.5 Å². The molecule has 2 aliphatic rings. The lowest BCUT2D eigenvalue weighted by molar-refractivity contribution is -0.660. The predicted octanol–water partition coefficient (Wildman–Crippen LogP) is 12.7. The fourth-order valence-corrected chi connectivity index (χ4v) is 8.15. The number of rotatable bonds is 25. The maximum Gasteiger partial charge on any atom is 0.290 e. The third-order valence-electron chi connectivity index (χ3n) is 11.0. The minimum atomic E-state index is 0.682. The molecular formula is C47H65N2O3+. The third-order valence-corrected chi connectivity index (χ3v) is 11.0. The zero-order valence-electron chi connectivity index (χ0n) is 32.7. The van der Waals surface area contributed by atoms with Gasteiger partial charge in [0.2, 0.25) is 5.75 Å². The van der Waals surface area contributed by atoms with E-state index in [0.29, 0.717) is 19.8 Å². The van der Waals surface area contributed by atoms with Crippen molar-refractivity contribution in [2.75, 3.05) is 19.8 Å². The summed E-state index contributed by atoms with van der Waals surface area (Å²) in [4.78, 5) is 0. The van der Waals surface area contributed by atoms with Crippen molar-refractivity contribution < 1.29 is 18.8 Å². The lowest BCUT2D eigenvalue weighted by Crippen LogP contribution is -2.34. The van der Waals surface area contributed by atoms with Crippen molar-refractivity contribution in [1.82, 2.24) is 4.57 Å². The second-order valence-corrected chi connectivity index (χ2v) is 15.2. The van der Waals surface area contributed by atoms with E-state index in [4.69, 9.17) is 14.2 Å². The minimum Gasteiger partial charge on any atom is -0.490 e. The Bertz CT molecular complexity index is 1590. The molecule has 0 radical (unpaired) electrons. The lowest BCUT2D eigenvalue weighted by atomic mass is 10.0. The van der Waals surface area contributed by atoms with Gasteiger partial charge in [-0.05, 0) is 31.4 Å². The van der Waals surface area contributed by atoms with Gasteiger partial charge >= 0.3 is 0 Å². The average Bonchev–Trinajstić information content (AvgIpc) is 3.81. The van der Waals surface area contributed by atoms with E-state index < -0.39 is 0 Å². The molecule has 0 atom stereocenters. The van der Waals surface area contributed by atoms with E-state index in [-0.39, 0.29) is 0 Å². The predicted molar refractivity (Wildman–Crippen MR) is 216 cm³/mol. The Kier molecular flexibility index (Phi) is 14.6. The summed E-state index contributed by atoms with van der Waals surface area (Å²) in [5.74, 6) is 3.65. The van der Waals surface area contributed by atoms with Crippen LogP contribution in [0.4, 0.5) is 0 Å². The maximum absolute atomic E-state index is 6.74. The number of benzene rings is 3. The summed E-state index contributed by atoms with van der Waals surface area (Å²) in [5.41, 5.74) is 9.22. The Labute approximate surface area is 314 Å². The summed E-state index contributed by atoms with van der Waals surface area (Å²) in [5, 5.41) is 0. The Morgan fingerprint density at radius 1 is 0.538 bits per heavy atom. The van der Waals surface area contributed by atoms with Crippen LogP contribution in [0.1, 0.15) is 147 Å². The maximum atomic E-state index is 6.74. The largest absolute Gasteiger partial charge is 0.490 e. The summed E-state index contributed by atoms with van der Waals surface area (Å²) < 4.78 is 25.3. The van der Waals surface area contributed by atoms with Gasteiger partial charge in [0.25, 0.3) is 5.82 Å². The third kappa shape index (κ3) is 9.25. The molecule has 0 spiro atoms. The van der Waals surface area contributed by atoms with Crippen LogP contribution >= 0.6 is 0 Å². The van der Waals surface area contributed by atoms with Gasteiger partial charge < -0.3 is 14.2 Å². The number of fused-ring (bicyclic) bond motifs is 7. The second-order valence-electron chi connectivity index (χ2n) is 15.2. The van der Waals surface area contributed by atoms with Crippen molar-refractivity contribution in [3.8, 4) is 51.2 Å². The minimum absolute atomic E-state index is 0.682. The van der Waals surface area contributed by atoms with Gasteiger partial charge in [0, 0.05) is 22.3 Å². The van der Waals surface area contributed by atoms with E-state index in [0.717, 1.165) is 55.2 Å². The van der Waals surface area contributed by atoms with Crippen LogP contribution < -0.4 is 18.8 Å². The van der Waals surface area contributed by atoms with Crippen LogP contribution in [-0.2, 0) is 13.1 Å². The van der Waals surface area contributed by atoms with Gasteiger partial charge in [-0.15, -0.1) is 0 Å². The summed E-state index contributed by atoms with van der Waals surface area (Å²) >= 11 is 0. The van der Waals surface area contributed by atoms with Crippen molar-refractivity contribution >= 4 is 0 Å². The molecule has 52 heavy (non-hydrogen) atoms. The molecule has 0 unspecified atom stereocenters. The van der Waals surface area contributed by atoms with Crippen LogP contribution in [0, 0.1) is 0 Å². The van der Waals surface area contributed by atoms with Gasteiger partial charge in [-0.1, -0.05) is 166 Å². The van der Waals surface area contributed by atoms with Gasteiger partial charge in [0.05, 0.1) is 25.4 Å². The molecule has 5 heteroatoms. The van der Waals surface area contributed by atoms with Gasteiger partial charge in [-0.3, -0.25) is 0 Å². The van der Waals surface area contributed by atoms with Crippen LogP contribution in [0.5, 0.6) is 17.2 Å². The quantitative estimate of drug-likeness (QED) is 0.0439. The number of nitrogens with zero attached hydrogens (tertiary/aromatic N) is 2. The van der Waals surface area contributed by atoms with Crippen molar-refractivity contribution in [2.45, 2.75) is 149 Å². The first-order valence-corrected chi connectivity index (χ1v) is 21.1. The monoisotopic (exact) mass is 705 g/mol. The molecule has 1 aromatic heterocycles. The Morgan fingerprint density at radius 3 is 1.60 bits per heavy atom. The smallest absolute Gasteiger partial charge is 0.290 e. The summed E-state index contributed by atoms with van der Waals surface area (Å²) in [6.07, 6.45) is 22.2. The molecule has 6 rings (SSSR count). The molecule has 4 aromatic rings. The van der Waals surface area contributed by atoms with Crippen molar-refractivity contribution in [1.29, 1.82) is 0 Å². The number of imidazole rings is 1. The Morgan fingerprint density at radius 2 is 1.02 bits per heavy atom. The van der Waals surface area contributed by atoms with E-state index in [1.807, 2.05) is 0 Å². The van der Waals surface area contributed by atoms with Gasteiger partial charge in [0.15, 0.2) is 22.9 Å². The summed E-state index contributed by atoms with van der Waals surface area (Å²) in [6.45, 7) is 10.6. The molecule has 0 bridgehead atoms. The second kappa shape index (κ2) is 19.9. The van der Waals surface area contributed by atoms with Crippen LogP contribution in [0.15, 0.2) is 60.7 Å². The highest BCUT2D eigenvalue weighted by Crippen LogP contribution is 2.47. The molecule has 0 amide bonds. The standard InChI is InChI=1S/C47H65N2O3/c1-4-7-10-13-16-23-30-50-42-33-39(34-43(51-31-24-17-14-11-8-5-2)46(42)52-32-25-18-15-12-9-6-3)47-48-35-37-26-19-21-28-40(37)44(48)45-41-29-22-20-27-38(41)36-49(45)47/h19-22,26-29,33-34H,4-18,23-25,30-32,35-36H2,1-3H3/q+1. The molecule has 0 saturated carbocycles. The van der Waals surface area contributed by atoms with E-state index in [2.05, 4.69) is 90.6 Å². The van der Waals surface area contributed by atoms with Crippen LogP contribution in [-0.4, -0.2) is 24.4 Å². The van der Waals surface area contributed by atoms with Gasteiger partial charge in [-0.2, -0.15) is 0 Å². The number of hydrogen-bond donors (Lipinski definition) is 0. The Balaban J connectivity index is 1.34. The number of ether oxygens (including phenoxy) is 3. The Hall–Kier alpha value is -3.73. The molecule has 2 aliphatic heterocycles. The van der Waals surface area contributed by atoms with Crippen LogP contribution in [0.25, 0.3) is 33.9 Å². The number of aromatic nitrogens is 2. The fourth-order valence-electron chi connectivity index (χ4n) is 8.15. The van der Waals surface area contributed by atoms with E-state index >= 15 is 0 Å². The lowest BCUT2D eigenvalue weighted by Gasteiger charge is -2.19. The van der Waals surface area contributed by atoms with Crippen molar-refractivity contribution in [2.24, 2.45) is 0 Å². The molecule has 0 N–H and O–H groups in total. The highest BCUT2D eigenvalue weighted by molar-refractivity contribution is 5.85. The first-order chi connectivity index (χ1) is 25.7. The molecule has 5 nitrogen and oxygen atoms in total. The first kappa shape index (κ1) is 38.0. The molecule has 0 fully saturated rings. The van der Waals surface area contributed by atoms with Gasteiger partial charge in [0.1, 0.15) is 13.1 Å². The molecule has 0 saturated heterocycles. The average molecular weight is 706 g/mol. The summed E-state index contributed by atoms with van der Waals surface area (Å²) in [7, 11) is 0. The zero-order valence-corrected chi connectivity index (χ0v) is 32.7. The fraction of sp³-hybridized carbons (Fsp3) is 0.553. The van der Waals surface area contributed by atoms with Crippen molar-refractivity contribution in [3.63, 3.8) is 0 Å². The molecule has 3 aromatic carbocycles. The SMILES string of the molecule is CCCCCCCCOc1cc(-c2n3c(c4[n+]2Cc2ccccc2-4)-c2ccccc2C3)cc(OCCCCCCCC)c1OCCCCCCCC. The van der Waals surface area contributed by atoms with Crippen molar-refractivity contribution in [3.05, 3.63) is 71.8 Å². The van der Waals surface area contributed by atoms with Crippen LogP contribution in [0.2, 0.25) is 0 Å². The van der Waals surface area contributed by atoms with Gasteiger partial charge in [-0.25, -0.2) is 9.13 Å². The summed E-state index contributed by atoms with van der Waals surface area (Å²) in [6, 6.07) is 22.4. The molecule has 3 heterocycles. The van der Waals surface area contributed by atoms with E-state index in [9.17, 15) is 0 Å². The van der Waals surface area contributed by atoms with E-state index in [1.165, 1.54) is 136 Å². The number of hydrogen-bond acceptors (Lipinski definition) is 3.